The Labute approximate surface area is 102 Å². The first-order chi connectivity index (χ1) is 7.24. The molecule has 2 aromatic rings. The van der Waals surface area contributed by atoms with Crippen LogP contribution in [0.3, 0.4) is 0 Å². The van der Waals surface area contributed by atoms with Gasteiger partial charge in [0.2, 0.25) is 0 Å². The lowest BCUT2D eigenvalue weighted by atomic mass is 10.4. The molecule has 0 spiro atoms. The number of hydrogen-bond acceptors (Lipinski definition) is 3. The molecule has 1 aromatic carbocycles. The van der Waals surface area contributed by atoms with E-state index in [1.54, 1.807) is 6.07 Å². The summed E-state index contributed by atoms with van der Waals surface area (Å²) in [6.07, 6.45) is 1.44. The summed E-state index contributed by atoms with van der Waals surface area (Å²) in [5, 5.41) is 1.95. The normalized spacial score (nSPS) is 10.3. The van der Waals surface area contributed by atoms with E-state index in [0.717, 1.165) is 9.92 Å². The van der Waals surface area contributed by atoms with Gasteiger partial charge in [-0.2, -0.15) is 0 Å². The van der Waals surface area contributed by atoms with Crippen molar-refractivity contribution in [2.45, 2.75) is 9.92 Å². The molecule has 5 heteroatoms. The van der Waals surface area contributed by atoms with Gasteiger partial charge in [-0.3, -0.25) is 0 Å². The molecule has 0 aliphatic heterocycles. The molecular weight excluding hydrogens is 251 g/mol. The van der Waals surface area contributed by atoms with Crippen molar-refractivity contribution < 1.29 is 0 Å². The van der Waals surface area contributed by atoms with Gasteiger partial charge >= 0.3 is 0 Å². The Kier molecular flexibility index (Phi) is 3.46. The molecule has 0 atom stereocenters. The molecule has 2 rings (SSSR count). The number of nitrogens with zero attached hydrogens (tertiary/aromatic N) is 2. The zero-order valence-corrected chi connectivity index (χ0v) is 9.85. The Hall–Kier alpha value is -0.770. The van der Waals surface area contributed by atoms with Crippen LogP contribution in [-0.4, -0.2) is 9.97 Å². The maximum Gasteiger partial charge on any atom is 0.133 e. The summed E-state index contributed by atoms with van der Waals surface area (Å²) >= 11 is 13.1. The van der Waals surface area contributed by atoms with Gasteiger partial charge in [0.1, 0.15) is 16.5 Å². The van der Waals surface area contributed by atoms with Crippen molar-refractivity contribution in [2.24, 2.45) is 0 Å². The van der Waals surface area contributed by atoms with E-state index in [1.165, 1.54) is 18.1 Å². The lowest BCUT2D eigenvalue weighted by Gasteiger charge is -2.00. The van der Waals surface area contributed by atoms with Crippen LogP contribution in [0.5, 0.6) is 0 Å². The van der Waals surface area contributed by atoms with Crippen LogP contribution in [0.1, 0.15) is 0 Å². The molecule has 15 heavy (non-hydrogen) atoms. The van der Waals surface area contributed by atoms with Gasteiger partial charge < -0.3 is 0 Å². The van der Waals surface area contributed by atoms with Crippen molar-refractivity contribution >= 4 is 35.0 Å². The minimum Gasteiger partial charge on any atom is -0.230 e. The van der Waals surface area contributed by atoms with Crippen LogP contribution in [0.15, 0.2) is 46.6 Å². The average Bonchev–Trinajstić information content (AvgIpc) is 2.17. The van der Waals surface area contributed by atoms with E-state index in [-0.39, 0.29) is 0 Å². The van der Waals surface area contributed by atoms with Crippen molar-refractivity contribution in [3.05, 3.63) is 46.8 Å². The number of benzene rings is 1. The summed E-state index contributed by atoms with van der Waals surface area (Å²) in [6, 6.07) is 9.29. The van der Waals surface area contributed by atoms with Crippen LogP contribution >= 0.6 is 35.0 Å². The number of halogens is 2. The van der Waals surface area contributed by atoms with Crippen LogP contribution in [0.25, 0.3) is 0 Å². The molecule has 0 bridgehead atoms. The van der Waals surface area contributed by atoms with Gasteiger partial charge in [0, 0.05) is 16.0 Å². The van der Waals surface area contributed by atoms with Crippen LogP contribution in [0.2, 0.25) is 10.2 Å². The van der Waals surface area contributed by atoms with Crippen LogP contribution < -0.4 is 0 Å². The predicted molar refractivity (Wildman–Crippen MR) is 62.6 cm³/mol. The second-order valence-corrected chi connectivity index (χ2v) is 4.66. The van der Waals surface area contributed by atoms with Gasteiger partial charge in [0.05, 0.1) is 0 Å². The number of rotatable bonds is 2. The fourth-order valence-electron chi connectivity index (χ4n) is 1.02. The van der Waals surface area contributed by atoms with Gasteiger partial charge in [-0.15, -0.1) is 0 Å². The monoisotopic (exact) mass is 256 g/mol. The third kappa shape index (κ3) is 3.09. The highest BCUT2D eigenvalue weighted by molar-refractivity contribution is 7.99. The Balaban J connectivity index is 2.22. The summed E-state index contributed by atoms with van der Waals surface area (Å²) in [7, 11) is 0. The molecule has 0 unspecified atom stereocenters. The quantitative estimate of drug-likeness (QED) is 0.762. The van der Waals surface area contributed by atoms with Crippen molar-refractivity contribution in [1.82, 2.24) is 9.97 Å². The minimum absolute atomic E-state index is 0.439. The standard InChI is InChI=1S/C10H6Cl2N2S/c11-7-2-1-3-8(4-7)15-10-5-9(12)13-6-14-10/h1-6H. The molecule has 2 nitrogen and oxygen atoms in total. The fourth-order valence-corrected chi connectivity index (χ4v) is 2.34. The lowest BCUT2D eigenvalue weighted by Crippen LogP contribution is -1.82. The minimum atomic E-state index is 0.439. The van der Waals surface area contributed by atoms with Crippen molar-refractivity contribution in [1.29, 1.82) is 0 Å². The van der Waals surface area contributed by atoms with Gasteiger partial charge in [-0.1, -0.05) is 41.0 Å². The van der Waals surface area contributed by atoms with Crippen LogP contribution in [0, 0.1) is 0 Å². The first-order valence-electron chi connectivity index (χ1n) is 4.15. The Morgan fingerprint density at radius 1 is 1.07 bits per heavy atom. The van der Waals surface area contributed by atoms with E-state index < -0.39 is 0 Å². The molecule has 0 N–H and O–H groups in total. The Bertz CT molecular complexity index is 433. The molecule has 0 saturated carbocycles. The van der Waals surface area contributed by atoms with E-state index in [9.17, 15) is 0 Å². The van der Waals surface area contributed by atoms with E-state index in [4.69, 9.17) is 23.2 Å². The number of aromatic nitrogens is 2. The van der Waals surface area contributed by atoms with Crippen molar-refractivity contribution in [2.75, 3.05) is 0 Å². The first kappa shape index (κ1) is 10.7. The predicted octanol–water partition coefficient (Wildman–Crippen LogP) is 3.93. The van der Waals surface area contributed by atoms with Gasteiger partial charge in [-0.25, -0.2) is 9.97 Å². The first-order valence-corrected chi connectivity index (χ1v) is 5.72. The van der Waals surface area contributed by atoms with E-state index >= 15 is 0 Å². The molecule has 0 amide bonds. The topological polar surface area (TPSA) is 25.8 Å². The van der Waals surface area contributed by atoms with E-state index in [1.807, 2.05) is 24.3 Å². The highest BCUT2D eigenvalue weighted by Gasteiger charge is 2.00. The van der Waals surface area contributed by atoms with Crippen LogP contribution in [-0.2, 0) is 0 Å². The van der Waals surface area contributed by atoms with E-state index in [2.05, 4.69) is 9.97 Å². The molecule has 0 aliphatic rings. The zero-order valence-electron chi connectivity index (χ0n) is 7.52. The highest BCUT2D eigenvalue weighted by atomic mass is 35.5. The maximum absolute atomic E-state index is 5.87. The van der Waals surface area contributed by atoms with Crippen molar-refractivity contribution in [3.8, 4) is 0 Å². The molecule has 1 heterocycles. The maximum atomic E-state index is 5.87. The fraction of sp³-hybridized carbons (Fsp3) is 0. The molecule has 0 fully saturated rings. The SMILES string of the molecule is Clc1cccc(Sc2cc(Cl)ncn2)c1. The second kappa shape index (κ2) is 4.84. The molecule has 0 saturated heterocycles. The summed E-state index contributed by atoms with van der Waals surface area (Å²) in [5.74, 6) is 0. The number of hydrogen-bond donors (Lipinski definition) is 0. The molecule has 1 aromatic heterocycles. The molecular formula is C10H6Cl2N2S. The average molecular weight is 257 g/mol. The van der Waals surface area contributed by atoms with Crippen molar-refractivity contribution in [3.63, 3.8) is 0 Å². The Morgan fingerprint density at radius 2 is 1.93 bits per heavy atom. The largest absolute Gasteiger partial charge is 0.230 e. The summed E-state index contributed by atoms with van der Waals surface area (Å²) in [6.45, 7) is 0. The third-order valence-corrected chi connectivity index (χ3v) is 2.99. The summed E-state index contributed by atoms with van der Waals surface area (Å²) in [4.78, 5) is 8.93. The Morgan fingerprint density at radius 3 is 2.67 bits per heavy atom. The second-order valence-electron chi connectivity index (χ2n) is 2.74. The van der Waals surface area contributed by atoms with E-state index in [0.29, 0.717) is 10.2 Å². The lowest BCUT2D eigenvalue weighted by molar-refractivity contribution is 1.05. The zero-order chi connectivity index (χ0) is 10.7. The van der Waals surface area contributed by atoms with Gasteiger partial charge in [0.15, 0.2) is 0 Å². The highest BCUT2D eigenvalue weighted by Crippen LogP contribution is 2.28. The van der Waals surface area contributed by atoms with Crippen LogP contribution in [0.4, 0.5) is 0 Å². The molecule has 0 radical (unpaired) electrons. The van der Waals surface area contributed by atoms with Gasteiger partial charge in [-0.05, 0) is 18.2 Å². The smallest absolute Gasteiger partial charge is 0.133 e. The third-order valence-electron chi connectivity index (χ3n) is 1.63. The summed E-state index contributed by atoms with van der Waals surface area (Å²) in [5.41, 5.74) is 0. The summed E-state index contributed by atoms with van der Waals surface area (Å²) < 4.78 is 0. The van der Waals surface area contributed by atoms with Gasteiger partial charge in [0.25, 0.3) is 0 Å². The molecule has 76 valence electrons. The molecule has 0 aliphatic carbocycles.